The normalized spacial score (nSPS) is 11.6. The van der Waals surface area contributed by atoms with Crippen molar-refractivity contribution in [1.82, 2.24) is 0 Å². The van der Waals surface area contributed by atoms with E-state index in [4.69, 9.17) is 11.0 Å². The van der Waals surface area contributed by atoms with Crippen LogP contribution in [0.25, 0.3) is 0 Å². The third-order valence-electron chi connectivity index (χ3n) is 1.08. The molecule has 10 heavy (non-hydrogen) atoms. The van der Waals surface area contributed by atoms with Crippen LogP contribution < -0.4 is 5.73 Å². The molecule has 0 fully saturated rings. The van der Waals surface area contributed by atoms with Crippen molar-refractivity contribution in [1.29, 1.82) is 5.26 Å². The molecule has 0 heterocycles. The first-order valence-electron chi connectivity index (χ1n) is 2.85. The molecule has 0 saturated heterocycles. The van der Waals surface area contributed by atoms with Gasteiger partial charge in [-0.2, -0.15) is 5.26 Å². The lowest BCUT2D eigenvalue weighted by Gasteiger charge is -1.98. The summed E-state index contributed by atoms with van der Waals surface area (Å²) in [7, 11) is 0. The molecule has 2 N–H and O–H groups in total. The molecule has 4 nitrogen and oxygen atoms in total. The van der Waals surface area contributed by atoms with E-state index in [9.17, 15) is 9.59 Å². The van der Waals surface area contributed by atoms with E-state index < -0.39 is 17.6 Å². The van der Waals surface area contributed by atoms with Gasteiger partial charge in [0.2, 0.25) is 5.91 Å². The summed E-state index contributed by atoms with van der Waals surface area (Å²) in [5.41, 5.74) is 4.74. The lowest BCUT2D eigenvalue weighted by Crippen LogP contribution is -2.28. The minimum absolute atomic E-state index is 0.168. The molecule has 1 unspecified atom stereocenters. The largest absolute Gasteiger partial charge is 0.368 e. The van der Waals surface area contributed by atoms with Gasteiger partial charge in [0.05, 0.1) is 6.07 Å². The summed E-state index contributed by atoms with van der Waals surface area (Å²) in [6.07, 6.45) is 0.168. The first kappa shape index (κ1) is 8.63. The number of carbonyl (C=O) groups excluding carboxylic acids is 2. The van der Waals surface area contributed by atoms with Gasteiger partial charge in [0.1, 0.15) is 0 Å². The van der Waals surface area contributed by atoms with Gasteiger partial charge in [-0.1, -0.05) is 6.92 Å². The van der Waals surface area contributed by atoms with Crippen molar-refractivity contribution in [3.8, 4) is 6.07 Å². The number of amides is 1. The number of primary amides is 1. The molecule has 4 heteroatoms. The smallest absolute Gasteiger partial charge is 0.242 e. The van der Waals surface area contributed by atoms with Gasteiger partial charge in [-0.05, 0) is 0 Å². The Balaban J connectivity index is 4.25. The van der Waals surface area contributed by atoms with Crippen LogP contribution in [0, 0.1) is 17.2 Å². The summed E-state index contributed by atoms with van der Waals surface area (Å²) in [5.74, 6) is -2.55. The third kappa shape index (κ3) is 1.86. The number of hydrogen-bond donors (Lipinski definition) is 1. The van der Waals surface area contributed by atoms with Gasteiger partial charge in [0.25, 0.3) is 0 Å². The monoisotopic (exact) mass is 140 g/mol. The number of ketones is 1. The van der Waals surface area contributed by atoms with Crippen LogP contribution in [0.1, 0.15) is 13.3 Å². The van der Waals surface area contributed by atoms with E-state index in [0.717, 1.165) is 0 Å². The van der Waals surface area contributed by atoms with Crippen LogP contribution in [0.5, 0.6) is 0 Å². The maximum Gasteiger partial charge on any atom is 0.242 e. The number of Topliss-reactive ketones (excluding diaryl/α,β-unsaturated/α-hetero) is 1. The van der Waals surface area contributed by atoms with E-state index in [2.05, 4.69) is 0 Å². The van der Waals surface area contributed by atoms with Gasteiger partial charge < -0.3 is 5.73 Å². The summed E-state index contributed by atoms with van der Waals surface area (Å²) < 4.78 is 0. The first-order chi connectivity index (χ1) is 4.63. The lowest BCUT2D eigenvalue weighted by molar-refractivity contribution is -0.129. The molecular weight excluding hydrogens is 132 g/mol. The molecule has 0 saturated carbocycles. The van der Waals surface area contributed by atoms with E-state index in [1.165, 1.54) is 6.07 Å². The molecular formula is C6H8N2O2. The fourth-order valence-corrected chi connectivity index (χ4v) is 0.498. The van der Waals surface area contributed by atoms with E-state index in [1.54, 1.807) is 6.92 Å². The van der Waals surface area contributed by atoms with Gasteiger partial charge >= 0.3 is 0 Å². The highest BCUT2D eigenvalue weighted by atomic mass is 16.2. The number of rotatable bonds is 3. The highest BCUT2D eigenvalue weighted by molar-refractivity contribution is 6.03. The van der Waals surface area contributed by atoms with Gasteiger partial charge in [-0.15, -0.1) is 0 Å². The summed E-state index contributed by atoms with van der Waals surface area (Å²) in [5, 5.41) is 8.23. The lowest BCUT2D eigenvalue weighted by atomic mass is 10.0. The topological polar surface area (TPSA) is 83.9 Å². The second kappa shape index (κ2) is 3.62. The third-order valence-corrected chi connectivity index (χ3v) is 1.08. The SMILES string of the molecule is CCC(=O)C(C#N)C(N)=O. The summed E-state index contributed by atoms with van der Waals surface area (Å²) in [6.45, 7) is 1.58. The molecule has 0 aromatic heterocycles. The number of nitriles is 1. The van der Waals surface area contributed by atoms with Crippen LogP contribution >= 0.6 is 0 Å². The summed E-state index contributed by atoms with van der Waals surface area (Å²) in [4.78, 5) is 21.0. The van der Waals surface area contributed by atoms with Crippen LogP contribution in [0.3, 0.4) is 0 Å². The molecule has 0 aliphatic carbocycles. The number of nitrogens with zero attached hydrogens (tertiary/aromatic N) is 1. The minimum Gasteiger partial charge on any atom is -0.368 e. The van der Waals surface area contributed by atoms with Crippen molar-refractivity contribution < 1.29 is 9.59 Å². The van der Waals surface area contributed by atoms with E-state index >= 15 is 0 Å². The number of hydrogen-bond acceptors (Lipinski definition) is 3. The van der Waals surface area contributed by atoms with Crippen molar-refractivity contribution >= 4 is 11.7 Å². The maximum absolute atomic E-state index is 10.7. The Labute approximate surface area is 58.6 Å². The predicted molar refractivity (Wildman–Crippen MR) is 33.6 cm³/mol. The standard InChI is InChI=1S/C6H8N2O2/c1-2-5(9)4(3-7)6(8)10/h4H,2H2,1H3,(H2,8,10). The van der Waals surface area contributed by atoms with Crippen LogP contribution in [-0.2, 0) is 9.59 Å². The molecule has 0 aliphatic rings. The molecule has 1 amide bonds. The van der Waals surface area contributed by atoms with Crippen molar-refractivity contribution in [2.75, 3.05) is 0 Å². The first-order valence-corrected chi connectivity index (χ1v) is 2.85. The Kier molecular flexibility index (Phi) is 3.12. The Morgan fingerprint density at radius 1 is 1.70 bits per heavy atom. The molecule has 0 spiro atoms. The number of carbonyl (C=O) groups is 2. The molecule has 0 aliphatic heterocycles. The van der Waals surface area contributed by atoms with Crippen molar-refractivity contribution in [2.45, 2.75) is 13.3 Å². The van der Waals surface area contributed by atoms with Crippen LogP contribution in [0.2, 0.25) is 0 Å². The Morgan fingerprint density at radius 2 is 2.20 bits per heavy atom. The van der Waals surface area contributed by atoms with Crippen molar-refractivity contribution in [3.05, 3.63) is 0 Å². The average molecular weight is 140 g/mol. The maximum atomic E-state index is 10.7. The minimum atomic E-state index is -1.26. The highest BCUT2D eigenvalue weighted by Gasteiger charge is 2.21. The van der Waals surface area contributed by atoms with Crippen molar-refractivity contribution in [3.63, 3.8) is 0 Å². The van der Waals surface area contributed by atoms with Crippen LogP contribution in [0.4, 0.5) is 0 Å². The zero-order valence-corrected chi connectivity index (χ0v) is 5.63. The average Bonchev–Trinajstić information content (AvgIpc) is 1.88. The summed E-state index contributed by atoms with van der Waals surface area (Å²) >= 11 is 0. The molecule has 0 bridgehead atoms. The zero-order valence-electron chi connectivity index (χ0n) is 5.63. The Bertz CT molecular complexity index is 192. The molecule has 0 radical (unpaired) electrons. The van der Waals surface area contributed by atoms with Gasteiger partial charge in [0.15, 0.2) is 11.7 Å². The number of nitrogens with two attached hydrogens (primary N) is 1. The fourth-order valence-electron chi connectivity index (χ4n) is 0.498. The molecule has 54 valence electrons. The molecule has 0 rings (SSSR count). The zero-order chi connectivity index (χ0) is 8.15. The second-order valence-corrected chi connectivity index (χ2v) is 1.78. The summed E-state index contributed by atoms with van der Waals surface area (Å²) in [6, 6.07) is 1.53. The van der Waals surface area contributed by atoms with Crippen LogP contribution in [0.15, 0.2) is 0 Å². The highest BCUT2D eigenvalue weighted by Crippen LogP contribution is 1.97. The van der Waals surface area contributed by atoms with Gasteiger partial charge in [-0.25, -0.2) is 0 Å². The molecule has 1 atom stereocenters. The van der Waals surface area contributed by atoms with E-state index in [0.29, 0.717) is 0 Å². The molecule has 0 aromatic carbocycles. The van der Waals surface area contributed by atoms with E-state index in [-0.39, 0.29) is 6.42 Å². The predicted octanol–water partition coefficient (Wildman–Crippen LogP) is -0.409. The van der Waals surface area contributed by atoms with Gasteiger partial charge in [0, 0.05) is 6.42 Å². The van der Waals surface area contributed by atoms with E-state index in [1.807, 2.05) is 0 Å². The Morgan fingerprint density at radius 3 is 2.30 bits per heavy atom. The van der Waals surface area contributed by atoms with Gasteiger partial charge in [-0.3, -0.25) is 9.59 Å². The van der Waals surface area contributed by atoms with Crippen LogP contribution in [-0.4, -0.2) is 11.7 Å². The van der Waals surface area contributed by atoms with Crippen molar-refractivity contribution in [2.24, 2.45) is 11.7 Å². The molecule has 0 aromatic rings. The Hall–Kier alpha value is -1.37. The quantitative estimate of drug-likeness (QED) is 0.541. The fraction of sp³-hybridized carbons (Fsp3) is 0.500. The second-order valence-electron chi connectivity index (χ2n) is 1.78.